The first-order valence-corrected chi connectivity index (χ1v) is 10.9. The zero-order valence-electron chi connectivity index (χ0n) is 15.3. The third-order valence-electron chi connectivity index (χ3n) is 4.61. The Hall–Kier alpha value is -2.12. The summed E-state index contributed by atoms with van der Waals surface area (Å²) in [5, 5.41) is 7.56. The molecule has 144 valence electrons. The van der Waals surface area contributed by atoms with Crippen LogP contribution in [0.4, 0.5) is 0 Å². The van der Waals surface area contributed by atoms with Gasteiger partial charge < -0.3 is 5.32 Å². The number of hydrogen-bond acceptors (Lipinski definition) is 4. The van der Waals surface area contributed by atoms with Gasteiger partial charge >= 0.3 is 0 Å². The molecule has 1 saturated heterocycles. The van der Waals surface area contributed by atoms with Gasteiger partial charge in [0.15, 0.2) is 9.84 Å². The Labute approximate surface area is 164 Å². The van der Waals surface area contributed by atoms with Crippen LogP contribution in [0.1, 0.15) is 34.8 Å². The molecule has 1 aromatic carbocycles. The molecule has 1 fully saturated rings. The molecule has 0 radical (unpaired) electrons. The summed E-state index contributed by atoms with van der Waals surface area (Å²) < 4.78 is 24.9. The average Bonchev–Trinajstić information content (AvgIpc) is 3.11. The van der Waals surface area contributed by atoms with Gasteiger partial charge in [0.25, 0.3) is 0 Å². The number of halogens is 1. The molecule has 0 bridgehead atoms. The van der Waals surface area contributed by atoms with Gasteiger partial charge in [-0.25, -0.2) is 13.1 Å². The maximum Gasteiger partial charge on any atom is 0.244 e. The Morgan fingerprint density at radius 1 is 1.33 bits per heavy atom. The number of sulfone groups is 1. The van der Waals surface area contributed by atoms with Gasteiger partial charge in [0.1, 0.15) is 5.15 Å². The van der Waals surface area contributed by atoms with E-state index in [0.717, 1.165) is 5.56 Å². The van der Waals surface area contributed by atoms with Crippen molar-refractivity contribution in [3.05, 3.63) is 57.9 Å². The summed E-state index contributed by atoms with van der Waals surface area (Å²) in [6.45, 7) is 4.24. The molecule has 0 unspecified atom stereocenters. The minimum absolute atomic E-state index is 0.0496. The first-order chi connectivity index (χ1) is 12.7. The molecule has 0 saturated carbocycles. The lowest BCUT2D eigenvalue weighted by molar-refractivity contribution is -0.116. The molecule has 27 heavy (non-hydrogen) atoms. The summed E-state index contributed by atoms with van der Waals surface area (Å²) in [5.74, 6) is -0.0321. The predicted octanol–water partition coefficient (Wildman–Crippen LogP) is 2.84. The van der Waals surface area contributed by atoms with Crippen LogP contribution < -0.4 is 5.32 Å². The number of carbonyl (C=O) groups is 1. The van der Waals surface area contributed by atoms with Crippen molar-refractivity contribution in [2.45, 2.75) is 32.9 Å². The maximum absolute atomic E-state index is 12.1. The van der Waals surface area contributed by atoms with Crippen LogP contribution in [-0.4, -0.2) is 35.6 Å². The number of nitrogens with one attached hydrogen (secondary N) is 1. The fraction of sp³-hybridized carbons (Fsp3) is 0.368. The van der Waals surface area contributed by atoms with E-state index in [1.165, 1.54) is 11.6 Å². The second-order valence-corrected chi connectivity index (χ2v) is 9.41. The molecule has 0 aliphatic carbocycles. The second-order valence-electron chi connectivity index (χ2n) is 6.83. The third kappa shape index (κ3) is 4.78. The monoisotopic (exact) mass is 407 g/mol. The molecule has 1 atom stereocenters. The SMILES string of the molecule is Cc1ccc(CNC(=O)/C=C/c2c(C)nn([C@H]3CCS(=O)(=O)C3)c2Cl)cc1. The summed E-state index contributed by atoms with van der Waals surface area (Å²) in [6.07, 6.45) is 3.54. The van der Waals surface area contributed by atoms with Crippen molar-refractivity contribution in [3.63, 3.8) is 0 Å². The number of hydrogen-bond donors (Lipinski definition) is 1. The first-order valence-electron chi connectivity index (χ1n) is 8.71. The van der Waals surface area contributed by atoms with E-state index < -0.39 is 9.84 Å². The summed E-state index contributed by atoms with van der Waals surface area (Å²) >= 11 is 6.40. The van der Waals surface area contributed by atoms with E-state index >= 15 is 0 Å². The lowest BCUT2D eigenvalue weighted by Gasteiger charge is -2.09. The van der Waals surface area contributed by atoms with Gasteiger partial charge in [0.2, 0.25) is 5.91 Å². The minimum atomic E-state index is -3.03. The van der Waals surface area contributed by atoms with Gasteiger partial charge in [0, 0.05) is 18.2 Å². The van der Waals surface area contributed by atoms with Crippen LogP contribution >= 0.6 is 11.6 Å². The summed E-state index contributed by atoms with van der Waals surface area (Å²) in [7, 11) is -3.03. The lowest BCUT2D eigenvalue weighted by Crippen LogP contribution is -2.20. The van der Waals surface area contributed by atoms with Gasteiger partial charge in [0.05, 0.1) is 23.2 Å². The molecular weight excluding hydrogens is 386 g/mol. The van der Waals surface area contributed by atoms with Crippen LogP contribution in [0.5, 0.6) is 0 Å². The number of benzene rings is 1. The molecule has 8 heteroatoms. The van der Waals surface area contributed by atoms with E-state index in [4.69, 9.17) is 11.6 Å². The van der Waals surface area contributed by atoms with E-state index in [1.807, 2.05) is 31.2 Å². The summed E-state index contributed by atoms with van der Waals surface area (Å²) in [6, 6.07) is 7.69. The molecule has 2 aromatic rings. The highest BCUT2D eigenvalue weighted by Gasteiger charge is 2.31. The Balaban J connectivity index is 1.66. The van der Waals surface area contributed by atoms with Gasteiger partial charge in [-0.1, -0.05) is 41.4 Å². The lowest BCUT2D eigenvalue weighted by atomic mass is 10.1. The molecule has 6 nitrogen and oxygen atoms in total. The molecule has 3 rings (SSSR count). The number of carbonyl (C=O) groups excluding carboxylic acids is 1. The number of nitrogens with zero attached hydrogens (tertiary/aromatic N) is 2. The second kappa shape index (κ2) is 7.86. The molecule has 1 aliphatic rings. The van der Waals surface area contributed by atoms with Crippen LogP contribution in [0.2, 0.25) is 5.15 Å². The van der Waals surface area contributed by atoms with Gasteiger partial charge in [-0.3, -0.25) is 4.79 Å². The Morgan fingerprint density at radius 2 is 2.04 bits per heavy atom. The van der Waals surface area contributed by atoms with Gasteiger partial charge in [-0.2, -0.15) is 5.10 Å². The smallest absolute Gasteiger partial charge is 0.244 e. The molecular formula is C19H22ClN3O3S. The predicted molar refractivity (Wildman–Crippen MR) is 106 cm³/mol. The summed E-state index contributed by atoms with van der Waals surface area (Å²) in [5.41, 5.74) is 3.48. The fourth-order valence-electron chi connectivity index (χ4n) is 3.04. The van der Waals surface area contributed by atoms with E-state index in [-0.39, 0.29) is 23.5 Å². The van der Waals surface area contributed by atoms with Crippen molar-refractivity contribution in [1.82, 2.24) is 15.1 Å². The van der Waals surface area contributed by atoms with E-state index in [0.29, 0.717) is 29.4 Å². The normalized spacial score (nSPS) is 18.9. The summed E-state index contributed by atoms with van der Waals surface area (Å²) in [4.78, 5) is 12.1. The topological polar surface area (TPSA) is 81.1 Å². The number of aryl methyl sites for hydroxylation is 2. The highest BCUT2D eigenvalue weighted by molar-refractivity contribution is 7.91. The zero-order chi connectivity index (χ0) is 19.6. The highest BCUT2D eigenvalue weighted by Crippen LogP contribution is 2.30. The Kier molecular flexibility index (Phi) is 5.72. The Morgan fingerprint density at radius 3 is 2.67 bits per heavy atom. The molecule has 1 amide bonds. The fourth-order valence-corrected chi connectivity index (χ4v) is 5.11. The van der Waals surface area contributed by atoms with Crippen LogP contribution in [0, 0.1) is 13.8 Å². The minimum Gasteiger partial charge on any atom is -0.348 e. The van der Waals surface area contributed by atoms with Gasteiger partial charge in [-0.05, 0) is 31.9 Å². The average molecular weight is 408 g/mol. The van der Waals surface area contributed by atoms with Crippen molar-refractivity contribution in [1.29, 1.82) is 0 Å². The number of aromatic nitrogens is 2. The molecule has 1 aliphatic heterocycles. The van der Waals surface area contributed by atoms with Crippen LogP contribution in [0.3, 0.4) is 0 Å². The van der Waals surface area contributed by atoms with E-state index in [2.05, 4.69) is 10.4 Å². The molecule has 0 spiro atoms. The van der Waals surface area contributed by atoms with Crippen molar-refractivity contribution in [2.24, 2.45) is 0 Å². The highest BCUT2D eigenvalue weighted by atomic mass is 35.5. The van der Waals surface area contributed by atoms with Crippen molar-refractivity contribution in [2.75, 3.05) is 11.5 Å². The van der Waals surface area contributed by atoms with Crippen molar-refractivity contribution >= 4 is 33.4 Å². The molecule has 1 N–H and O–H groups in total. The quantitative estimate of drug-likeness (QED) is 0.773. The largest absolute Gasteiger partial charge is 0.348 e. The maximum atomic E-state index is 12.1. The van der Waals surface area contributed by atoms with Crippen LogP contribution in [-0.2, 0) is 21.2 Å². The Bertz CT molecular complexity index is 978. The number of amides is 1. The first kappa shape index (κ1) is 19.6. The van der Waals surface area contributed by atoms with Crippen LogP contribution in [0.15, 0.2) is 30.3 Å². The van der Waals surface area contributed by atoms with Crippen molar-refractivity contribution < 1.29 is 13.2 Å². The van der Waals surface area contributed by atoms with E-state index in [9.17, 15) is 13.2 Å². The standard InChI is InChI=1S/C19H22ClN3O3S/c1-13-3-5-15(6-4-13)11-21-18(24)8-7-17-14(2)22-23(19(17)20)16-9-10-27(25,26)12-16/h3-8,16H,9-12H2,1-2H3,(H,21,24)/b8-7+/t16-/m0/s1. The third-order valence-corrected chi connectivity index (χ3v) is 6.74. The van der Waals surface area contributed by atoms with Crippen molar-refractivity contribution in [3.8, 4) is 0 Å². The van der Waals surface area contributed by atoms with Gasteiger partial charge in [-0.15, -0.1) is 0 Å². The number of rotatable bonds is 5. The molecule has 1 aromatic heterocycles. The van der Waals surface area contributed by atoms with E-state index in [1.54, 1.807) is 17.7 Å². The molecule has 2 heterocycles. The van der Waals surface area contributed by atoms with Crippen LogP contribution in [0.25, 0.3) is 6.08 Å². The zero-order valence-corrected chi connectivity index (χ0v) is 16.8.